The molecule has 0 spiro atoms. The van der Waals surface area contributed by atoms with E-state index in [0.717, 1.165) is 16.3 Å². The van der Waals surface area contributed by atoms with E-state index in [4.69, 9.17) is 0 Å². The van der Waals surface area contributed by atoms with Crippen LogP contribution < -0.4 is 0 Å². The first-order valence-corrected chi connectivity index (χ1v) is 14.1. The fraction of sp³-hybridized carbons (Fsp3) is 0.464. The molecule has 4 rings (SSSR count). The maximum Gasteiger partial charge on any atom is 0.269 e. The van der Waals surface area contributed by atoms with Gasteiger partial charge < -0.3 is 0 Å². The summed E-state index contributed by atoms with van der Waals surface area (Å²) in [6.07, 6.45) is 6.70. The zero-order chi connectivity index (χ0) is 26.0. The Balaban J connectivity index is 1.54. The van der Waals surface area contributed by atoms with Gasteiger partial charge in [0.15, 0.2) is 0 Å². The topological polar surface area (TPSA) is 97.6 Å². The molecule has 2 aliphatic rings. The summed E-state index contributed by atoms with van der Waals surface area (Å²) >= 11 is 0. The van der Waals surface area contributed by atoms with Crippen molar-refractivity contribution >= 4 is 21.6 Å². The number of aryl methyl sites for hydroxylation is 1. The van der Waals surface area contributed by atoms with E-state index in [-0.39, 0.29) is 22.7 Å². The molecule has 0 aliphatic heterocycles. The lowest BCUT2D eigenvalue weighted by Crippen LogP contribution is -2.38. The van der Waals surface area contributed by atoms with Crippen molar-refractivity contribution < 1.29 is 18.1 Å². The third kappa shape index (κ3) is 5.53. The molecule has 2 aromatic rings. The van der Waals surface area contributed by atoms with Crippen LogP contribution in [0.3, 0.4) is 0 Å². The van der Waals surface area contributed by atoms with E-state index in [9.17, 15) is 23.3 Å². The van der Waals surface area contributed by atoms with Crippen LogP contribution in [0, 0.1) is 34.8 Å². The molecule has 0 N–H and O–H groups in total. The maximum absolute atomic E-state index is 13.6. The quantitative estimate of drug-likeness (QED) is 0.224. The highest BCUT2D eigenvalue weighted by Gasteiger charge is 2.41. The molecule has 0 bridgehead atoms. The molecule has 2 fully saturated rings. The maximum atomic E-state index is 13.6. The van der Waals surface area contributed by atoms with E-state index in [1.807, 2.05) is 6.92 Å². The number of carbonyl (C=O) groups is 1. The monoisotopic (exact) mass is 510 g/mol. The highest BCUT2D eigenvalue weighted by molar-refractivity contribution is 7.89. The smallest absolute Gasteiger partial charge is 0.268 e. The second-order valence-electron chi connectivity index (χ2n) is 10.2. The molecule has 0 aromatic heterocycles. The van der Waals surface area contributed by atoms with Gasteiger partial charge in [0.05, 0.1) is 9.82 Å². The van der Waals surface area contributed by atoms with Crippen LogP contribution in [0.15, 0.2) is 64.6 Å². The number of sulfonamides is 1. The van der Waals surface area contributed by atoms with Crippen LogP contribution in [0.2, 0.25) is 0 Å². The Bertz CT molecular complexity index is 1260. The average molecular weight is 511 g/mol. The van der Waals surface area contributed by atoms with Gasteiger partial charge in [0.2, 0.25) is 0 Å². The van der Waals surface area contributed by atoms with E-state index >= 15 is 0 Å². The largest absolute Gasteiger partial charge is 0.269 e. The molecule has 8 heteroatoms. The number of nitrogens with zero attached hydrogens (tertiary/aromatic N) is 2. The summed E-state index contributed by atoms with van der Waals surface area (Å²) in [6.45, 7) is 6.39. The zero-order valence-corrected chi connectivity index (χ0v) is 22.0. The molecule has 36 heavy (non-hydrogen) atoms. The lowest BCUT2D eigenvalue weighted by atomic mass is 9.92. The molecule has 7 nitrogen and oxygen atoms in total. The predicted molar refractivity (Wildman–Crippen MR) is 139 cm³/mol. The van der Waals surface area contributed by atoms with Crippen LogP contribution in [0.25, 0.3) is 0 Å². The van der Waals surface area contributed by atoms with Crippen molar-refractivity contribution in [3.63, 3.8) is 0 Å². The number of rotatable bonds is 9. The SMILES string of the molecule is C/C(=C(/C)C1CC1CCN(C(=O)c1ccc([N+](=O)[O-])cc1)S(=O)(=O)c1ccc(C)cc1)C1CCCC1. The Hall–Kier alpha value is -3.00. The fourth-order valence-corrected chi connectivity index (χ4v) is 6.80. The minimum Gasteiger partial charge on any atom is -0.268 e. The van der Waals surface area contributed by atoms with E-state index in [2.05, 4.69) is 13.8 Å². The number of nitro benzene ring substituents is 1. The number of hydrogen-bond acceptors (Lipinski definition) is 5. The van der Waals surface area contributed by atoms with Crippen LogP contribution in [0.1, 0.15) is 68.3 Å². The van der Waals surface area contributed by atoms with Crippen LogP contribution >= 0.6 is 0 Å². The molecular formula is C28H34N2O5S. The molecule has 0 heterocycles. The number of nitro groups is 1. The van der Waals surface area contributed by atoms with Gasteiger partial charge in [-0.1, -0.05) is 41.7 Å². The zero-order valence-electron chi connectivity index (χ0n) is 21.1. The highest BCUT2D eigenvalue weighted by atomic mass is 32.2. The summed E-state index contributed by atoms with van der Waals surface area (Å²) in [6, 6.07) is 11.5. The van der Waals surface area contributed by atoms with Crippen molar-refractivity contribution in [1.29, 1.82) is 0 Å². The predicted octanol–water partition coefficient (Wildman–Crippen LogP) is 6.29. The third-order valence-corrected chi connectivity index (χ3v) is 9.73. The number of carbonyl (C=O) groups excluding carboxylic acids is 1. The van der Waals surface area contributed by atoms with E-state index in [1.54, 1.807) is 12.1 Å². The Labute approximate surface area is 213 Å². The van der Waals surface area contributed by atoms with Gasteiger partial charge in [0.25, 0.3) is 21.6 Å². The lowest BCUT2D eigenvalue weighted by Gasteiger charge is -2.23. The van der Waals surface area contributed by atoms with Gasteiger partial charge in [0, 0.05) is 24.2 Å². The van der Waals surface area contributed by atoms with E-state index in [0.29, 0.717) is 24.2 Å². The fourth-order valence-electron chi connectivity index (χ4n) is 5.39. The molecule has 2 saturated carbocycles. The van der Waals surface area contributed by atoms with Gasteiger partial charge in [-0.05, 0) is 88.5 Å². The summed E-state index contributed by atoms with van der Waals surface area (Å²) in [5, 5.41) is 11.0. The van der Waals surface area contributed by atoms with Gasteiger partial charge in [-0.15, -0.1) is 0 Å². The Morgan fingerprint density at radius 1 is 1.00 bits per heavy atom. The summed E-state index contributed by atoms with van der Waals surface area (Å²) in [7, 11) is -4.09. The number of hydrogen-bond donors (Lipinski definition) is 0. The second-order valence-corrected chi connectivity index (χ2v) is 12.1. The number of benzene rings is 2. The number of amides is 1. The molecule has 2 unspecified atom stereocenters. The van der Waals surface area contributed by atoms with Crippen molar-refractivity contribution in [2.45, 2.75) is 64.2 Å². The first kappa shape index (κ1) is 26.1. The lowest BCUT2D eigenvalue weighted by molar-refractivity contribution is -0.384. The van der Waals surface area contributed by atoms with Crippen LogP contribution in [-0.2, 0) is 10.0 Å². The number of allylic oxidation sites excluding steroid dienone is 2. The summed E-state index contributed by atoms with van der Waals surface area (Å²) in [5.41, 5.74) is 3.80. The molecule has 2 atom stereocenters. The highest BCUT2D eigenvalue weighted by Crippen LogP contribution is 2.49. The minimum absolute atomic E-state index is 0.0591. The Kier molecular flexibility index (Phi) is 7.64. The normalized spacial score (nSPS) is 20.6. The van der Waals surface area contributed by atoms with Gasteiger partial charge in [0.1, 0.15) is 0 Å². The van der Waals surface area contributed by atoms with Crippen molar-refractivity contribution in [2.75, 3.05) is 6.54 Å². The molecule has 192 valence electrons. The second kappa shape index (κ2) is 10.5. The first-order valence-electron chi connectivity index (χ1n) is 12.6. The van der Waals surface area contributed by atoms with E-state index < -0.39 is 20.9 Å². The molecule has 2 aromatic carbocycles. The third-order valence-electron chi connectivity index (χ3n) is 7.93. The number of non-ortho nitro benzene ring substituents is 1. The van der Waals surface area contributed by atoms with Crippen LogP contribution in [0.5, 0.6) is 0 Å². The van der Waals surface area contributed by atoms with Gasteiger partial charge in [-0.3, -0.25) is 14.9 Å². The van der Waals surface area contributed by atoms with Crippen LogP contribution in [-0.4, -0.2) is 30.1 Å². The van der Waals surface area contributed by atoms with Gasteiger partial charge >= 0.3 is 0 Å². The van der Waals surface area contributed by atoms with Crippen LogP contribution in [0.4, 0.5) is 5.69 Å². The summed E-state index contributed by atoms with van der Waals surface area (Å²) < 4.78 is 28.0. The van der Waals surface area contributed by atoms with Gasteiger partial charge in [-0.2, -0.15) is 0 Å². The summed E-state index contributed by atoms with van der Waals surface area (Å²) in [4.78, 5) is 23.9. The van der Waals surface area contributed by atoms with Crippen molar-refractivity contribution in [2.24, 2.45) is 17.8 Å². The summed E-state index contributed by atoms with van der Waals surface area (Å²) in [5.74, 6) is 0.802. The Morgan fingerprint density at radius 3 is 2.19 bits per heavy atom. The van der Waals surface area contributed by atoms with E-state index in [1.165, 1.54) is 73.2 Å². The van der Waals surface area contributed by atoms with Crippen molar-refractivity contribution in [3.05, 3.63) is 80.9 Å². The average Bonchev–Trinajstić information content (AvgIpc) is 3.42. The Morgan fingerprint density at radius 2 is 1.61 bits per heavy atom. The standard InChI is InChI=1S/C28H34N2O5S/c1-19-8-14-26(15-9-19)36(34,35)29(28(31)23-10-12-25(13-11-23)30(32)33)17-16-24-18-27(24)21(3)20(2)22-6-4-5-7-22/h8-15,22,24,27H,4-7,16-18H2,1-3H3/b21-20+. The molecule has 1 amide bonds. The molecule has 0 radical (unpaired) electrons. The molecular weight excluding hydrogens is 476 g/mol. The first-order chi connectivity index (χ1) is 17.1. The molecule has 2 aliphatic carbocycles. The molecule has 0 saturated heterocycles. The van der Waals surface area contributed by atoms with Crippen molar-refractivity contribution in [3.8, 4) is 0 Å². The minimum atomic E-state index is -4.09. The van der Waals surface area contributed by atoms with Crippen molar-refractivity contribution in [1.82, 2.24) is 4.31 Å². The van der Waals surface area contributed by atoms with Gasteiger partial charge in [-0.25, -0.2) is 12.7 Å².